The minimum absolute atomic E-state index is 0.552. The van der Waals surface area contributed by atoms with Gasteiger partial charge in [0, 0.05) is 5.56 Å². The topological polar surface area (TPSA) is 49.4 Å². The Morgan fingerprint density at radius 3 is 2.86 bits per heavy atom. The van der Waals surface area contributed by atoms with Crippen LogP contribution in [-0.2, 0) is 4.79 Å². The van der Waals surface area contributed by atoms with Gasteiger partial charge in [0.2, 0.25) is 0 Å². The number of carbonyl (C=O) groups is 1. The van der Waals surface area contributed by atoms with Gasteiger partial charge in [-0.15, -0.1) is 0 Å². The number of hydrogen-bond donors (Lipinski definition) is 0. The molecule has 1 rings (SSSR count). The Morgan fingerprint density at radius 2 is 2.21 bits per heavy atom. The molecule has 0 aromatic heterocycles. The van der Waals surface area contributed by atoms with Crippen molar-refractivity contribution in [1.29, 1.82) is 0 Å². The molecule has 1 aromatic carbocycles. The molecule has 0 bridgehead atoms. The first-order valence-corrected chi connectivity index (χ1v) is 4.35. The summed E-state index contributed by atoms with van der Waals surface area (Å²) in [6, 6.07) is 7.22. The fraction of sp³-hybridized carbons (Fsp3) is 0.182. The first kappa shape index (κ1) is 10.3. The third-order valence-electron chi connectivity index (χ3n) is 1.62. The lowest BCUT2D eigenvalue weighted by atomic mass is 10.2. The van der Waals surface area contributed by atoms with Gasteiger partial charge in [-0.05, 0) is 25.1 Å². The number of hydrogen-bond acceptors (Lipinski definition) is 3. The smallest absolute Gasteiger partial charge is 0.126 e. The lowest BCUT2D eigenvalue weighted by molar-refractivity contribution is -0.297. The number of aliphatic carboxylic acids is 1. The highest BCUT2D eigenvalue weighted by Crippen LogP contribution is 2.18. The van der Waals surface area contributed by atoms with E-state index in [0.717, 1.165) is 11.6 Å². The Balaban J connectivity index is 2.89. The van der Waals surface area contributed by atoms with Crippen molar-refractivity contribution >= 4 is 12.0 Å². The van der Waals surface area contributed by atoms with E-state index < -0.39 is 5.97 Å². The lowest BCUT2D eigenvalue weighted by Gasteiger charge is -2.06. The number of carboxylic acids is 1. The maximum Gasteiger partial charge on any atom is 0.126 e. The van der Waals surface area contributed by atoms with Crippen LogP contribution in [0.2, 0.25) is 0 Å². The summed E-state index contributed by atoms with van der Waals surface area (Å²) in [4.78, 5) is 10.2. The van der Waals surface area contributed by atoms with E-state index in [1.165, 1.54) is 6.08 Å². The van der Waals surface area contributed by atoms with E-state index >= 15 is 0 Å². The fourth-order valence-corrected chi connectivity index (χ4v) is 1.06. The average molecular weight is 191 g/mol. The zero-order chi connectivity index (χ0) is 10.4. The summed E-state index contributed by atoms with van der Waals surface area (Å²) in [5.41, 5.74) is 0.735. The summed E-state index contributed by atoms with van der Waals surface area (Å²) in [5, 5.41) is 10.2. The maximum atomic E-state index is 10.2. The zero-order valence-corrected chi connectivity index (χ0v) is 7.90. The average Bonchev–Trinajstić information content (AvgIpc) is 2.17. The molecular formula is C11H11O3-. The lowest BCUT2D eigenvalue weighted by Crippen LogP contribution is -2.18. The number of ether oxygens (including phenoxy) is 1. The summed E-state index contributed by atoms with van der Waals surface area (Å²) in [7, 11) is 0. The van der Waals surface area contributed by atoms with Gasteiger partial charge in [-0.25, -0.2) is 0 Å². The predicted octanol–water partition coefficient (Wildman–Crippen LogP) is 0.848. The van der Waals surface area contributed by atoms with E-state index in [9.17, 15) is 9.90 Å². The van der Waals surface area contributed by atoms with Crippen LogP contribution >= 0.6 is 0 Å². The first-order valence-electron chi connectivity index (χ1n) is 4.35. The van der Waals surface area contributed by atoms with Gasteiger partial charge in [0.05, 0.1) is 12.6 Å². The Kier molecular flexibility index (Phi) is 3.73. The van der Waals surface area contributed by atoms with Crippen molar-refractivity contribution in [2.75, 3.05) is 6.61 Å². The summed E-state index contributed by atoms with van der Waals surface area (Å²) in [6.45, 7) is 2.43. The summed E-state index contributed by atoms with van der Waals surface area (Å²) in [6.07, 6.45) is 2.44. The van der Waals surface area contributed by atoms with Crippen molar-refractivity contribution in [2.45, 2.75) is 6.92 Å². The predicted molar refractivity (Wildman–Crippen MR) is 51.7 cm³/mol. The molecule has 0 N–H and O–H groups in total. The van der Waals surface area contributed by atoms with Crippen molar-refractivity contribution in [3.8, 4) is 5.75 Å². The van der Waals surface area contributed by atoms with Gasteiger partial charge >= 0.3 is 0 Å². The van der Waals surface area contributed by atoms with E-state index in [0.29, 0.717) is 12.4 Å². The number of rotatable bonds is 4. The second-order valence-electron chi connectivity index (χ2n) is 2.62. The second-order valence-corrected chi connectivity index (χ2v) is 2.62. The van der Waals surface area contributed by atoms with Gasteiger partial charge < -0.3 is 14.6 Å². The van der Waals surface area contributed by atoms with Crippen molar-refractivity contribution in [2.24, 2.45) is 0 Å². The highest BCUT2D eigenvalue weighted by Gasteiger charge is 1.96. The van der Waals surface area contributed by atoms with Crippen molar-refractivity contribution in [3.05, 3.63) is 35.9 Å². The minimum Gasteiger partial charge on any atom is -0.545 e. The third kappa shape index (κ3) is 2.94. The molecule has 0 aliphatic heterocycles. The molecule has 3 nitrogen and oxygen atoms in total. The molecule has 0 atom stereocenters. The van der Waals surface area contributed by atoms with Gasteiger partial charge in [-0.2, -0.15) is 0 Å². The molecule has 0 aliphatic carbocycles. The van der Waals surface area contributed by atoms with Crippen LogP contribution in [0.25, 0.3) is 6.08 Å². The second kappa shape index (κ2) is 5.07. The van der Waals surface area contributed by atoms with Gasteiger partial charge in [0.1, 0.15) is 5.75 Å². The van der Waals surface area contributed by atoms with Crippen LogP contribution in [0.4, 0.5) is 0 Å². The monoisotopic (exact) mass is 191 g/mol. The highest BCUT2D eigenvalue weighted by atomic mass is 16.5. The van der Waals surface area contributed by atoms with Gasteiger partial charge in [0.25, 0.3) is 0 Å². The molecule has 0 spiro atoms. The van der Waals surface area contributed by atoms with Gasteiger partial charge in [-0.1, -0.05) is 18.2 Å². The summed E-state index contributed by atoms with van der Waals surface area (Å²) in [5.74, 6) is -0.538. The molecule has 0 heterocycles. The summed E-state index contributed by atoms with van der Waals surface area (Å²) < 4.78 is 5.30. The van der Waals surface area contributed by atoms with Crippen LogP contribution in [0, 0.1) is 0 Å². The molecule has 0 fully saturated rings. The van der Waals surface area contributed by atoms with Gasteiger partial charge in [0.15, 0.2) is 0 Å². The molecule has 3 heteroatoms. The number of para-hydroxylation sites is 1. The number of benzene rings is 1. The Labute approximate surface area is 82.6 Å². The van der Waals surface area contributed by atoms with Crippen molar-refractivity contribution in [1.82, 2.24) is 0 Å². The Hall–Kier alpha value is -1.77. The van der Waals surface area contributed by atoms with Crippen molar-refractivity contribution < 1.29 is 14.6 Å². The number of carboxylic acid groups (broad SMARTS) is 1. The van der Waals surface area contributed by atoms with Crippen LogP contribution in [0.3, 0.4) is 0 Å². The van der Waals surface area contributed by atoms with E-state index in [1.807, 2.05) is 19.1 Å². The van der Waals surface area contributed by atoms with Crippen LogP contribution in [-0.4, -0.2) is 12.6 Å². The van der Waals surface area contributed by atoms with Crippen molar-refractivity contribution in [3.63, 3.8) is 0 Å². The minimum atomic E-state index is -1.21. The first-order chi connectivity index (χ1) is 6.74. The molecule has 0 amide bonds. The molecule has 74 valence electrons. The molecule has 0 saturated heterocycles. The molecule has 0 saturated carbocycles. The molecule has 14 heavy (non-hydrogen) atoms. The van der Waals surface area contributed by atoms with E-state index in [4.69, 9.17) is 4.74 Å². The van der Waals surface area contributed by atoms with Crippen LogP contribution in [0.5, 0.6) is 5.75 Å². The Bertz CT molecular complexity index is 342. The van der Waals surface area contributed by atoms with E-state index in [2.05, 4.69) is 0 Å². The molecule has 0 aliphatic rings. The maximum absolute atomic E-state index is 10.2. The normalized spacial score (nSPS) is 10.4. The van der Waals surface area contributed by atoms with E-state index in [-0.39, 0.29) is 0 Å². The largest absolute Gasteiger partial charge is 0.545 e. The third-order valence-corrected chi connectivity index (χ3v) is 1.62. The number of carbonyl (C=O) groups excluding carboxylic acids is 1. The molecule has 0 radical (unpaired) electrons. The quantitative estimate of drug-likeness (QED) is 0.663. The van der Waals surface area contributed by atoms with Crippen LogP contribution in [0.1, 0.15) is 12.5 Å². The van der Waals surface area contributed by atoms with Gasteiger partial charge in [-0.3, -0.25) is 0 Å². The standard InChI is InChI=1S/C11H12O3/c1-2-14-10-6-4-3-5-9(10)7-8-11(12)13/h3-8H,2H2,1H3,(H,12,13)/p-1/b8-7-. The van der Waals surface area contributed by atoms with E-state index in [1.54, 1.807) is 12.1 Å². The SMILES string of the molecule is CCOc1ccccc1/C=C\C(=O)[O-]. The molecule has 1 aromatic rings. The fourth-order valence-electron chi connectivity index (χ4n) is 1.06. The summed E-state index contributed by atoms with van der Waals surface area (Å²) >= 11 is 0. The Morgan fingerprint density at radius 1 is 1.50 bits per heavy atom. The zero-order valence-electron chi connectivity index (χ0n) is 7.90. The molecule has 0 unspecified atom stereocenters. The van der Waals surface area contributed by atoms with Crippen LogP contribution in [0.15, 0.2) is 30.3 Å². The molecular weight excluding hydrogens is 180 g/mol. The van der Waals surface area contributed by atoms with Crippen LogP contribution < -0.4 is 9.84 Å². The highest BCUT2D eigenvalue weighted by molar-refractivity contribution is 5.84.